The van der Waals surface area contributed by atoms with E-state index in [1.165, 1.54) is 0 Å². The molecule has 0 fully saturated rings. The van der Waals surface area contributed by atoms with E-state index in [1.807, 2.05) is 80.6 Å². The number of hydrogen-bond donors (Lipinski definition) is 2. The molecule has 1 aromatic heterocycles. The third-order valence-electron chi connectivity index (χ3n) is 5.60. The zero-order valence-corrected chi connectivity index (χ0v) is 20.1. The highest BCUT2D eigenvalue weighted by atomic mass is 35.5. The van der Waals surface area contributed by atoms with Crippen molar-refractivity contribution >= 4 is 62.4 Å². The first-order chi connectivity index (χ1) is 16.4. The number of nitrogens with zero attached hydrogens (tertiary/aromatic N) is 1. The second kappa shape index (κ2) is 8.89. The fraction of sp³-hybridized carbons (Fsp3) is 0.0741. The maximum Gasteiger partial charge on any atom is 0.257 e. The van der Waals surface area contributed by atoms with Crippen LogP contribution in [0, 0.1) is 13.8 Å². The highest BCUT2D eigenvalue weighted by Gasteiger charge is 2.14. The Morgan fingerprint density at radius 3 is 2.59 bits per heavy atom. The largest absolute Gasteiger partial charge is 0.436 e. The van der Waals surface area contributed by atoms with Gasteiger partial charge in [-0.15, -0.1) is 0 Å². The number of thiocarbonyl (C=S) groups is 1. The molecule has 0 aliphatic carbocycles. The molecule has 0 spiro atoms. The lowest BCUT2D eigenvalue weighted by Crippen LogP contribution is -2.34. The normalized spacial score (nSPS) is 11.0. The number of oxazole rings is 1. The molecule has 2 N–H and O–H groups in total. The average Bonchev–Trinajstić information content (AvgIpc) is 3.22. The van der Waals surface area contributed by atoms with Crippen molar-refractivity contribution in [2.24, 2.45) is 0 Å². The SMILES string of the molecule is Cc1ccc(C(=O)NC(=S)Nc2ccc3oc(-c4cccc5c(Cl)cccc45)nc3c2)c(C)c1. The quantitative estimate of drug-likeness (QED) is 0.268. The molecule has 5 rings (SSSR count). The van der Waals surface area contributed by atoms with E-state index >= 15 is 0 Å². The Morgan fingerprint density at radius 2 is 1.76 bits per heavy atom. The summed E-state index contributed by atoms with van der Waals surface area (Å²) in [5.41, 5.74) is 5.45. The van der Waals surface area contributed by atoms with E-state index in [4.69, 9.17) is 28.2 Å². The van der Waals surface area contributed by atoms with Crippen molar-refractivity contribution in [3.8, 4) is 11.5 Å². The minimum Gasteiger partial charge on any atom is -0.436 e. The van der Waals surface area contributed by atoms with E-state index in [9.17, 15) is 4.79 Å². The number of carbonyl (C=O) groups is 1. The van der Waals surface area contributed by atoms with Gasteiger partial charge in [-0.05, 0) is 73.4 Å². The molecule has 168 valence electrons. The number of anilines is 1. The number of hydrogen-bond acceptors (Lipinski definition) is 4. The Morgan fingerprint density at radius 1 is 0.971 bits per heavy atom. The van der Waals surface area contributed by atoms with E-state index in [1.54, 1.807) is 6.07 Å². The van der Waals surface area contributed by atoms with E-state index in [2.05, 4.69) is 15.6 Å². The molecule has 0 saturated heterocycles. The van der Waals surface area contributed by atoms with Crippen LogP contribution in [-0.2, 0) is 0 Å². The molecular formula is C27H20ClN3O2S. The van der Waals surface area contributed by atoms with Gasteiger partial charge in [-0.3, -0.25) is 10.1 Å². The summed E-state index contributed by atoms with van der Waals surface area (Å²) in [6, 6.07) is 22.8. The Labute approximate surface area is 206 Å². The molecule has 4 aromatic carbocycles. The van der Waals surface area contributed by atoms with Crippen LogP contribution in [0.5, 0.6) is 0 Å². The molecule has 1 amide bonds. The van der Waals surface area contributed by atoms with Crippen molar-refractivity contribution in [2.45, 2.75) is 13.8 Å². The predicted molar refractivity (Wildman–Crippen MR) is 142 cm³/mol. The van der Waals surface area contributed by atoms with Gasteiger partial charge in [0.1, 0.15) is 5.52 Å². The molecular weight excluding hydrogens is 466 g/mol. The summed E-state index contributed by atoms with van der Waals surface area (Å²) in [7, 11) is 0. The summed E-state index contributed by atoms with van der Waals surface area (Å²) in [6.07, 6.45) is 0. The van der Waals surface area contributed by atoms with Crippen LogP contribution in [0.15, 0.2) is 77.2 Å². The zero-order chi connectivity index (χ0) is 23.8. The van der Waals surface area contributed by atoms with Gasteiger partial charge in [0.05, 0.1) is 0 Å². The fourth-order valence-corrected chi connectivity index (χ4v) is 4.43. The van der Waals surface area contributed by atoms with Gasteiger partial charge >= 0.3 is 0 Å². The van der Waals surface area contributed by atoms with Crippen LogP contribution in [0.3, 0.4) is 0 Å². The minimum absolute atomic E-state index is 0.205. The maximum atomic E-state index is 12.6. The topological polar surface area (TPSA) is 67.2 Å². The molecule has 7 heteroatoms. The van der Waals surface area contributed by atoms with E-state index in [0.717, 1.165) is 27.5 Å². The van der Waals surface area contributed by atoms with Crippen LogP contribution in [0.1, 0.15) is 21.5 Å². The fourth-order valence-electron chi connectivity index (χ4n) is 3.98. The summed E-state index contributed by atoms with van der Waals surface area (Å²) in [5, 5.41) is 8.58. The van der Waals surface area contributed by atoms with Gasteiger partial charge < -0.3 is 9.73 Å². The molecule has 0 atom stereocenters. The number of carbonyl (C=O) groups excluding carboxylic acids is 1. The second-order valence-corrected chi connectivity index (χ2v) is 8.88. The first-order valence-corrected chi connectivity index (χ1v) is 11.5. The van der Waals surface area contributed by atoms with Crippen molar-refractivity contribution in [1.82, 2.24) is 10.3 Å². The van der Waals surface area contributed by atoms with Gasteiger partial charge in [0.15, 0.2) is 10.7 Å². The highest BCUT2D eigenvalue weighted by molar-refractivity contribution is 7.80. The number of aryl methyl sites for hydroxylation is 2. The summed E-state index contributed by atoms with van der Waals surface area (Å²) in [5.74, 6) is 0.250. The number of benzene rings is 4. The molecule has 0 aliphatic rings. The zero-order valence-electron chi connectivity index (χ0n) is 18.5. The molecule has 0 unspecified atom stereocenters. The van der Waals surface area contributed by atoms with Crippen molar-refractivity contribution < 1.29 is 9.21 Å². The van der Waals surface area contributed by atoms with Gasteiger partial charge in [-0.1, -0.05) is 53.6 Å². The van der Waals surface area contributed by atoms with E-state index in [0.29, 0.717) is 33.3 Å². The molecule has 0 aliphatic heterocycles. The van der Waals surface area contributed by atoms with Crippen LogP contribution < -0.4 is 10.6 Å². The number of fused-ring (bicyclic) bond motifs is 2. The lowest BCUT2D eigenvalue weighted by molar-refractivity contribution is 0.0977. The molecule has 0 saturated carbocycles. The standard InChI is InChI=1S/C27H20ClN3O2S/c1-15-9-11-18(16(2)13-15)25(32)31-27(34)29-17-10-12-24-23(14-17)30-26(33-24)21-7-3-6-20-19(21)5-4-8-22(20)28/h3-14H,1-2H3,(H2,29,31,32,34). The maximum absolute atomic E-state index is 12.6. The molecule has 34 heavy (non-hydrogen) atoms. The Balaban J connectivity index is 1.38. The Kier molecular flexibility index (Phi) is 5.77. The molecule has 5 aromatic rings. The van der Waals surface area contributed by atoms with Gasteiger partial charge in [-0.25, -0.2) is 4.98 Å². The lowest BCUT2D eigenvalue weighted by Gasteiger charge is -2.11. The number of amides is 1. The Bertz CT molecular complexity index is 1590. The highest BCUT2D eigenvalue weighted by Crippen LogP contribution is 2.33. The van der Waals surface area contributed by atoms with Gasteiger partial charge in [0.25, 0.3) is 5.91 Å². The second-order valence-electron chi connectivity index (χ2n) is 8.07. The van der Waals surface area contributed by atoms with Crippen LogP contribution >= 0.6 is 23.8 Å². The molecule has 0 radical (unpaired) electrons. The van der Waals surface area contributed by atoms with Crippen molar-refractivity contribution in [2.75, 3.05) is 5.32 Å². The molecule has 1 heterocycles. The van der Waals surface area contributed by atoms with E-state index < -0.39 is 0 Å². The van der Waals surface area contributed by atoms with Gasteiger partial charge in [0.2, 0.25) is 5.89 Å². The van der Waals surface area contributed by atoms with Crippen molar-refractivity contribution in [1.29, 1.82) is 0 Å². The monoisotopic (exact) mass is 485 g/mol. The summed E-state index contributed by atoms with van der Waals surface area (Å²) in [6.45, 7) is 3.89. The van der Waals surface area contributed by atoms with Crippen molar-refractivity contribution in [3.63, 3.8) is 0 Å². The number of aromatic nitrogens is 1. The summed E-state index contributed by atoms with van der Waals surface area (Å²) < 4.78 is 6.02. The minimum atomic E-state index is -0.255. The van der Waals surface area contributed by atoms with Gasteiger partial charge in [0, 0.05) is 27.2 Å². The molecule has 0 bridgehead atoms. The van der Waals surface area contributed by atoms with Crippen LogP contribution in [0.4, 0.5) is 5.69 Å². The summed E-state index contributed by atoms with van der Waals surface area (Å²) in [4.78, 5) is 17.3. The number of rotatable bonds is 3. The number of nitrogens with one attached hydrogen (secondary N) is 2. The van der Waals surface area contributed by atoms with E-state index in [-0.39, 0.29) is 11.0 Å². The third kappa shape index (κ3) is 4.25. The van der Waals surface area contributed by atoms with Gasteiger partial charge in [-0.2, -0.15) is 0 Å². The van der Waals surface area contributed by atoms with Crippen molar-refractivity contribution in [3.05, 3.63) is 94.5 Å². The van der Waals surface area contributed by atoms with Crippen LogP contribution in [0.25, 0.3) is 33.3 Å². The lowest BCUT2D eigenvalue weighted by atomic mass is 10.0. The first kappa shape index (κ1) is 22.1. The summed E-state index contributed by atoms with van der Waals surface area (Å²) >= 11 is 11.7. The molecule has 5 nitrogen and oxygen atoms in total. The first-order valence-electron chi connectivity index (χ1n) is 10.7. The average molecular weight is 486 g/mol. The number of halogens is 1. The predicted octanol–water partition coefficient (Wildman–Crippen LogP) is 7.05. The third-order valence-corrected chi connectivity index (χ3v) is 6.13. The van der Waals surface area contributed by atoms with Crippen LogP contribution in [0.2, 0.25) is 5.02 Å². The Hall–Kier alpha value is -3.74. The smallest absolute Gasteiger partial charge is 0.257 e. The van der Waals surface area contributed by atoms with Crippen LogP contribution in [-0.4, -0.2) is 16.0 Å².